The number of nitriles is 2. The first-order chi connectivity index (χ1) is 4.68. The quantitative estimate of drug-likeness (QED) is 0.407. The molecule has 0 rings (SSSR count). The summed E-state index contributed by atoms with van der Waals surface area (Å²) in [5, 5.41) is 15.5. The van der Waals surface area contributed by atoms with Crippen molar-refractivity contribution in [1.82, 2.24) is 0 Å². The maximum Gasteiger partial charge on any atom is 0.0937 e. The fraction of sp³-hybridized carbons (Fsp3) is 0.250. The molecule has 0 bridgehead atoms. The van der Waals surface area contributed by atoms with Crippen LogP contribution in [0.4, 0.5) is 0 Å². The van der Waals surface area contributed by atoms with Crippen molar-refractivity contribution >= 4 is 0 Å². The van der Waals surface area contributed by atoms with Crippen LogP contribution in [-0.4, -0.2) is 0 Å². The molecular weight excluding hydrogens is 124 g/mol. The van der Waals surface area contributed by atoms with Crippen molar-refractivity contribution in [3.8, 4) is 12.1 Å². The Bertz CT molecular complexity index is 178. The summed E-state index contributed by atoms with van der Waals surface area (Å²) in [6.45, 7) is 8.31. The van der Waals surface area contributed by atoms with E-state index in [1.54, 1.807) is 13.0 Å². The van der Waals surface area contributed by atoms with Gasteiger partial charge in [-0.05, 0) is 6.92 Å². The molecule has 2 nitrogen and oxygen atoms in total. The van der Waals surface area contributed by atoms with Gasteiger partial charge < -0.3 is 0 Å². The van der Waals surface area contributed by atoms with Crippen LogP contribution in [0.25, 0.3) is 0 Å². The van der Waals surface area contributed by atoms with Gasteiger partial charge in [-0.2, -0.15) is 10.5 Å². The molecule has 0 aliphatic carbocycles. The predicted octanol–water partition coefficient (Wildman–Crippen LogP) is 2.17. The van der Waals surface area contributed by atoms with E-state index in [1.807, 2.05) is 12.1 Å². The van der Waals surface area contributed by atoms with Gasteiger partial charge in [-0.3, -0.25) is 0 Å². The average molecular weight is 134 g/mol. The molecule has 0 aromatic heterocycles. The van der Waals surface area contributed by atoms with E-state index >= 15 is 0 Å². The van der Waals surface area contributed by atoms with Gasteiger partial charge in [0.05, 0.1) is 18.6 Å². The van der Waals surface area contributed by atoms with Crippen molar-refractivity contribution in [1.29, 1.82) is 10.5 Å². The van der Waals surface area contributed by atoms with E-state index in [0.29, 0.717) is 12.0 Å². The molecule has 10 heavy (non-hydrogen) atoms. The summed E-state index contributed by atoms with van der Waals surface area (Å²) in [6.07, 6.45) is 2.03. The summed E-state index contributed by atoms with van der Waals surface area (Å²) in [5.41, 5.74) is 0.560. The highest BCUT2D eigenvalue weighted by molar-refractivity contribution is 5.11. The lowest BCUT2D eigenvalue weighted by molar-refractivity contribution is 1.36. The molecule has 0 heterocycles. The summed E-state index contributed by atoms with van der Waals surface area (Å²) in [4.78, 5) is 0. The molecule has 0 spiro atoms. The van der Waals surface area contributed by atoms with Crippen molar-refractivity contribution in [3.05, 3.63) is 24.8 Å². The van der Waals surface area contributed by atoms with Gasteiger partial charge >= 0.3 is 0 Å². The monoisotopic (exact) mass is 134 g/mol. The fourth-order valence-electron chi connectivity index (χ4n) is 0.0645. The Kier molecular flexibility index (Phi) is 11.8. The van der Waals surface area contributed by atoms with Crippen molar-refractivity contribution in [2.24, 2.45) is 0 Å². The van der Waals surface area contributed by atoms with Gasteiger partial charge in [0.2, 0.25) is 0 Å². The Morgan fingerprint density at radius 2 is 2.00 bits per heavy atom. The van der Waals surface area contributed by atoms with Crippen molar-refractivity contribution in [2.45, 2.75) is 13.3 Å². The number of hydrogen-bond acceptors (Lipinski definition) is 2. The Morgan fingerprint density at radius 3 is 2.00 bits per heavy atom. The molecule has 0 fully saturated rings. The van der Waals surface area contributed by atoms with Crippen LogP contribution < -0.4 is 0 Å². The van der Waals surface area contributed by atoms with Crippen LogP contribution in [0.15, 0.2) is 24.8 Å². The molecule has 0 N–H and O–H groups in total. The summed E-state index contributed by atoms with van der Waals surface area (Å²) >= 11 is 0. The highest BCUT2D eigenvalue weighted by atomic mass is 14.2. The molecule has 0 radical (unpaired) electrons. The summed E-state index contributed by atoms with van der Waals surface area (Å²) in [7, 11) is 0. The maximum atomic E-state index is 7.79. The third-order valence-corrected chi connectivity index (χ3v) is 0.426. The van der Waals surface area contributed by atoms with Gasteiger partial charge in [0.25, 0.3) is 0 Å². The number of hydrogen-bond donors (Lipinski definition) is 0. The third kappa shape index (κ3) is 31.8. The normalized spacial score (nSPS) is 5.50. The second-order valence-corrected chi connectivity index (χ2v) is 1.54. The highest BCUT2D eigenvalue weighted by Crippen LogP contribution is 1.74. The molecule has 0 saturated heterocycles. The van der Waals surface area contributed by atoms with Crippen LogP contribution >= 0.6 is 0 Å². The van der Waals surface area contributed by atoms with Crippen molar-refractivity contribution in [3.63, 3.8) is 0 Å². The molecule has 0 unspecified atom stereocenters. The van der Waals surface area contributed by atoms with E-state index in [1.165, 1.54) is 0 Å². The molecule has 0 aromatic carbocycles. The third-order valence-electron chi connectivity index (χ3n) is 0.426. The van der Waals surface area contributed by atoms with Crippen LogP contribution in [0.1, 0.15) is 13.3 Å². The van der Waals surface area contributed by atoms with E-state index < -0.39 is 0 Å². The Balaban J connectivity index is 0. The Labute approximate surface area is 61.7 Å². The smallest absolute Gasteiger partial charge is 0.0937 e. The molecule has 0 aromatic rings. The van der Waals surface area contributed by atoms with E-state index in [4.69, 9.17) is 10.5 Å². The lowest BCUT2D eigenvalue weighted by atomic mass is 10.4. The first-order valence-electron chi connectivity index (χ1n) is 2.72. The van der Waals surface area contributed by atoms with E-state index in [9.17, 15) is 0 Å². The summed E-state index contributed by atoms with van der Waals surface area (Å²) in [6, 6.07) is 3.73. The standard InChI is InChI=1S/2C4H5N/c1-4(2)3-5;1-2-3-4-5/h1H2,2H3;2H,1,3H2. The SMILES string of the molecule is C=C(C)C#N.C=CCC#N. The molecule has 0 aliphatic heterocycles. The van der Waals surface area contributed by atoms with Gasteiger partial charge in [-0.15, -0.1) is 6.58 Å². The molecule has 0 atom stereocenters. The fourth-order valence-corrected chi connectivity index (χ4v) is 0.0645. The zero-order chi connectivity index (χ0) is 8.41. The Hall–Kier alpha value is -1.54. The minimum absolute atomic E-state index is 0.458. The minimum Gasteiger partial charge on any atom is -0.198 e. The van der Waals surface area contributed by atoms with Gasteiger partial charge in [0.15, 0.2) is 0 Å². The molecule has 0 saturated carbocycles. The van der Waals surface area contributed by atoms with Crippen LogP contribution in [0.5, 0.6) is 0 Å². The first kappa shape index (κ1) is 11.3. The Morgan fingerprint density at radius 1 is 1.60 bits per heavy atom. The molecule has 2 heteroatoms. The van der Waals surface area contributed by atoms with E-state index in [-0.39, 0.29) is 0 Å². The second kappa shape index (κ2) is 10.4. The topological polar surface area (TPSA) is 47.6 Å². The molecule has 0 aliphatic rings. The highest BCUT2D eigenvalue weighted by Gasteiger charge is 1.64. The van der Waals surface area contributed by atoms with E-state index in [0.717, 1.165) is 0 Å². The minimum atomic E-state index is 0.458. The van der Waals surface area contributed by atoms with Crippen molar-refractivity contribution < 1.29 is 0 Å². The van der Waals surface area contributed by atoms with Gasteiger partial charge in [0, 0.05) is 5.57 Å². The van der Waals surface area contributed by atoms with Crippen LogP contribution in [-0.2, 0) is 0 Å². The maximum absolute atomic E-state index is 7.79. The molecule has 52 valence electrons. The lowest BCUT2D eigenvalue weighted by Crippen LogP contribution is -1.51. The first-order valence-corrected chi connectivity index (χ1v) is 2.72. The molecule has 0 amide bonds. The summed E-state index contributed by atoms with van der Waals surface area (Å²) < 4.78 is 0. The average Bonchev–Trinajstić information content (AvgIpc) is 1.91. The number of rotatable bonds is 1. The lowest BCUT2D eigenvalue weighted by Gasteiger charge is -1.61. The van der Waals surface area contributed by atoms with Gasteiger partial charge in [0.1, 0.15) is 0 Å². The largest absolute Gasteiger partial charge is 0.198 e. The predicted molar refractivity (Wildman–Crippen MR) is 40.9 cm³/mol. The number of nitrogens with zero attached hydrogens (tertiary/aromatic N) is 2. The number of allylic oxidation sites excluding steroid dienone is 2. The van der Waals surface area contributed by atoms with Crippen molar-refractivity contribution in [2.75, 3.05) is 0 Å². The van der Waals surface area contributed by atoms with Gasteiger partial charge in [-0.25, -0.2) is 0 Å². The molecular formula is C8H10N2. The zero-order valence-electron chi connectivity index (χ0n) is 6.09. The van der Waals surface area contributed by atoms with Gasteiger partial charge in [-0.1, -0.05) is 12.7 Å². The summed E-state index contributed by atoms with van der Waals surface area (Å²) in [5.74, 6) is 0. The van der Waals surface area contributed by atoms with Crippen LogP contribution in [0.3, 0.4) is 0 Å². The van der Waals surface area contributed by atoms with E-state index in [2.05, 4.69) is 13.2 Å². The van der Waals surface area contributed by atoms with Crippen LogP contribution in [0.2, 0.25) is 0 Å². The van der Waals surface area contributed by atoms with Crippen LogP contribution in [0, 0.1) is 22.7 Å². The zero-order valence-corrected chi connectivity index (χ0v) is 6.09. The second-order valence-electron chi connectivity index (χ2n) is 1.54.